The van der Waals surface area contributed by atoms with Crippen LogP contribution in [0.5, 0.6) is 5.75 Å². The van der Waals surface area contributed by atoms with E-state index in [1.54, 1.807) is 7.11 Å². The van der Waals surface area contributed by atoms with Crippen molar-refractivity contribution in [1.29, 1.82) is 0 Å². The van der Waals surface area contributed by atoms with E-state index in [2.05, 4.69) is 26.1 Å². The van der Waals surface area contributed by atoms with Gasteiger partial charge >= 0.3 is 0 Å². The van der Waals surface area contributed by atoms with E-state index in [1.807, 2.05) is 26.0 Å². The highest BCUT2D eigenvalue weighted by molar-refractivity contribution is 9.10. The van der Waals surface area contributed by atoms with Crippen LogP contribution in [0.15, 0.2) is 16.6 Å². The summed E-state index contributed by atoms with van der Waals surface area (Å²) in [6.45, 7) is 3.89. The molecule has 1 N–H and O–H groups in total. The number of halogens is 2. The molecule has 17 heavy (non-hydrogen) atoms. The largest absolute Gasteiger partial charge is 0.496 e. The molecule has 0 amide bonds. The van der Waals surface area contributed by atoms with Crippen LogP contribution in [0.2, 0.25) is 5.02 Å². The van der Waals surface area contributed by atoms with Crippen molar-refractivity contribution in [3.8, 4) is 17.0 Å². The first-order valence-corrected chi connectivity index (χ1v) is 6.26. The molecule has 0 spiro atoms. The van der Waals surface area contributed by atoms with Crippen LogP contribution >= 0.6 is 27.5 Å². The van der Waals surface area contributed by atoms with Gasteiger partial charge in [0, 0.05) is 16.3 Å². The maximum Gasteiger partial charge on any atom is 0.128 e. The molecule has 0 aliphatic carbocycles. The van der Waals surface area contributed by atoms with Crippen LogP contribution in [-0.4, -0.2) is 17.3 Å². The molecular formula is C12H12BrClN2O. The number of rotatable bonds is 2. The minimum absolute atomic E-state index is 0.702. The monoisotopic (exact) mass is 314 g/mol. The van der Waals surface area contributed by atoms with Crippen molar-refractivity contribution in [3.63, 3.8) is 0 Å². The molecule has 0 bridgehead atoms. The first kappa shape index (κ1) is 12.5. The molecule has 2 aromatic rings. The molecule has 0 radical (unpaired) electrons. The van der Waals surface area contributed by atoms with E-state index in [-0.39, 0.29) is 0 Å². The fourth-order valence-corrected chi connectivity index (χ4v) is 2.16. The first-order valence-electron chi connectivity index (χ1n) is 5.09. The molecule has 1 heterocycles. The first-order chi connectivity index (χ1) is 8.04. The minimum atomic E-state index is 0.702. The summed E-state index contributed by atoms with van der Waals surface area (Å²) in [6.07, 6.45) is 0. The predicted molar refractivity (Wildman–Crippen MR) is 72.8 cm³/mol. The molecule has 0 unspecified atom stereocenters. The Morgan fingerprint density at radius 3 is 2.59 bits per heavy atom. The highest BCUT2D eigenvalue weighted by Crippen LogP contribution is 2.37. The third-order valence-corrected chi connectivity index (χ3v) is 3.99. The third-order valence-electron chi connectivity index (χ3n) is 2.61. The molecule has 5 heteroatoms. The molecule has 3 nitrogen and oxygen atoms in total. The van der Waals surface area contributed by atoms with E-state index in [9.17, 15) is 0 Å². The molecule has 0 aliphatic rings. The highest BCUT2D eigenvalue weighted by Gasteiger charge is 2.15. The van der Waals surface area contributed by atoms with Gasteiger partial charge in [-0.15, -0.1) is 0 Å². The lowest BCUT2D eigenvalue weighted by molar-refractivity contribution is 0.416. The van der Waals surface area contributed by atoms with Gasteiger partial charge in [-0.25, -0.2) is 0 Å². The molecule has 2 rings (SSSR count). The number of aromatic amines is 1. The smallest absolute Gasteiger partial charge is 0.128 e. The highest BCUT2D eigenvalue weighted by atomic mass is 79.9. The maximum atomic E-state index is 6.14. The van der Waals surface area contributed by atoms with Crippen molar-refractivity contribution in [3.05, 3.63) is 32.9 Å². The Bertz CT molecular complexity index is 566. The van der Waals surface area contributed by atoms with Crippen LogP contribution in [-0.2, 0) is 0 Å². The second-order valence-electron chi connectivity index (χ2n) is 3.81. The Morgan fingerprint density at radius 2 is 2.06 bits per heavy atom. The van der Waals surface area contributed by atoms with Crippen molar-refractivity contribution in [2.45, 2.75) is 13.8 Å². The molecular weight excluding hydrogens is 304 g/mol. The number of H-pyrrole nitrogens is 1. The second-order valence-corrected chi connectivity index (χ2v) is 5.01. The number of hydrogen-bond acceptors (Lipinski definition) is 2. The van der Waals surface area contributed by atoms with Crippen LogP contribution < -0.4 is 4.74 Å². The van der Waals surface area contributed by atoms with Gasteiger partial charge in [0.25, 0.3) is 0 Å². The average Bonchev–Trinajstić information content (AvgIpc) is 2.63. The van der Waals surface area contributed by atoms with Crippen molar-refractivity contribution >= 4 is 27.5 Å². The molecule has 90 valence electrons. The molecule has 0 aliphatic heterocycles. The van der Waals surface area contributed by atoms with E-state index in [0.717, 1.165) is 32.7 Å². The second kappa shape index (κ2) is 4.70. The number of aromatic nitrogens is 2. The zero-order chi connectivity index (χ0) is 12.6. The van der Waals surface area contributed by atoms with E-state index in [0.29, 0.717) is 5.02 Å². The van der Waals surface area contributed by atoms with E-state index in [1.165, 1.54) is 0 Å². The Hall–Kier alpha value is -1.00. The number of benzene rings is 1. The lowest BCUT2D eigenvalue weighted by atomic mass is 10.1. The van der Waals surface area contributed by atoms with Crippen molar-refractivity contribution < 1.29 is 4.74 Å². The zero-order valence-electron chi connectivity index (χ0n) is 9.77. The lowest BCUT2D eigenvalue weighted by Gasteiger charge is -2.09. The van der Waals surface area contributed by atoms with Gasteiger partial charge in [-0.05, 0) is 47.5 Å². The summed E-state index contributed by atoms with van der Waals surface area (Å²) in [5.74, 6) is 0.763. The molecule has 1 aromatic carbocycles. The van der Waals surface area contributed by atoms with E-state index in [4.69, 9.17) is 16.3 Å². The van der Waals surface area contributed by atoms with Crippen LogP contribution in [0, 0.1) is 13.8 Å². The molecule has 0 saturated heterocycles. The zero-order valence-corrected chi connectivity index (χ0v) is 12.1. The van der Waals surface area contributed by atoms with E-state index < -0.39 is 0 Å². The van der Waals surface area contributed by atoms with Crippen molar-refractivity contribution in [1.82, 2.24) is 10.2 Å². The predicted octanol–water partition coefficient (Wildman–Crippen LogP) is 4.12. The van der Waals surface area contributed by atoms with Gasteiger partial charge in [-0.2, -0.15) is 5.10 Å². The minimum Gasteiger partial charge on any atom is -0.496 e. The summed E-state index contributed by atoms with van der Waals surface area (Å²) in [6, 6.07) is 3.78. The summed E-state index contributed by atoms with van der Waals surface area (Å²) in [5.41, 5.74) is 3.63. The average molecular weight is 316 g/mol. The summed E-state index contributed by atoms with van der Waals surface area (Å²) >= 11 is 9.64. The fourth-order valence-electron chi connectivity index (χ4n) is 1.60. The molecule has 1 aromatic heterocycles. The summed E-state index contributed by atoms with van der Waals surface area (Å²) < 4.78 is 6.29. The van der Waals surface area contributed by atoms with Gasteiger partial charge in [-0.1, -0.05) is 11.6 Å². The van der Waals surface area contributed by atoms with Crippen LogP contribution in [0.25, 0.3) is 11.3 Å². The number of methoxy groups -OCH3 is 1. The fraction of sp³-hybridized carbons (Fsp3) is 0.250. The van der Waals surface area contributed by atoms with Gasteiger partial charge in [0.2, 0.25) is 0 Å². The number of ether oxygens (including phenoxy) is 1. The number of aryl methyl sites for hydroxylation is 2. The standard InChI is InChI=1S/C12H12BrClN2O/c1-6-4-10(17-3)8(5-9(6)14)12-11(13)7(2)15-16-12/h4-5H,1-3H3,(H,15,16). The van der Waals surface area contributed by atoms with Gasteiger partial charge < -0.3 is 4.74 Å². The van der Waals surface area contributed by atoms with Crippen LogP contribution in [0.4, 0.5) is 0 Å². The van der Waals surface area contributed by atoms with Crippen molar-refractivity contribution in [2.24, 2.45) is 0 Å². The summed E-state index contributed by atoms with van der Waals surface area (Å²) in [7, 11) is 1.64. The number of nitrogens with one attached hydrogen (secondary N) is 1. The topological polar surface area (TPSA) is 37.9 Å². The Labute approximate surface area is 113 Å². The Morgan fingerprint density at radius 1 is 1.35 bits per heavy atom. The van der Waals surface area contributed by atoms with Crippen LogP contribution in [0.1, 0.15) is 11.3 Å². The van der Waals surface area contributed by atoms with Crippen LogP contribution in [0.3, 0.4) is 0 Å². The van der Waals surface area contributed by atoms with Crippen molar-refractivity contribution in [2.75, 3.05) is 7.11 Å². The van der Waals surface area contributed by atoms with E-state index >= 15 is 0 Å². The van der Waals surface area contributed by atoms with Gasteiger partial charge in [0.05, 0.1) is 11.6 Å². The Balaban J connectivity index is 2.66. The number of hydrogen-bond donors (Lipinski definition) is 1. The normalized spacial score (nSPS) is 10.6. The Kier molecular flexibility index (Phi) is 3.45. The SMILES string of the molecule is COc1cc(C)c(Cl)cc1-c1n[nH]c(C)c1Br. The quantitative estimate of drug-likeness (QED) is 0.905. The molecule has 0 fully saturated rings. The molecule has 0 saturated carbocycles. The summed E-state index contributed by atoms with van der Waals surface area (Å²) in [4.78, 5) is 0. The molecule has 0 atom stereocenters. The number of nitrogens with zero attached hydrogens (tertiary/aromatic N) is 1. The van der Waals surface area contributed by atoms with Gasteiger partial charge in [-0.3, -0.25) is 5.10 Å². The van der Waals surface area contributed by atoms with Gasteiger partial charge in [0.15, 0.2) is 0 Å². The maximum absolute atomic E-state index is 6.14. The summed E-state index contributed by atoms with van der Waals surface area (Å²) in [5, 5.41) is 7.88. The van der Waals surface area contributed by atoms with Gasteiger partial charge in [0.1, 0.15) is 11.4 Å². The lowest BCUT2D eigenvalue weighted by Crippen LogP contribution is -1.91. The third kappa shape index (κ3) is 2.19.